The first-order valence-corrected chi connectivity index (χ1v) is 12.2. The third-order valence-corrected chi connectivity index (χ3v) is 6.61. The molecular formula is C25H26FN3O6S. The topological polar surface area (TPSA) is 121 Å². The molecule has 2 aromatic carbocycles. The van der Waals surface area contributed by atoms with Crippen molar-refractivity contribution in [1.29, 1.82) is 0 Å². The molecule has 1 amide bonds. The quantitative estimate of drug-likeness (QED) is 0.293. The minimum absolute atomic E-state index is 0.0627. The molecule has 9 nitrogen and oxygen atoms in total. The predicted molar refractivity (Wildman–Crippen MR) is 133 cm³/mol. The van der Waals surface area contributed by atoms with Crippen LogP contribution in [0.2, 0.25) is 0 Å². The van der Waals surface area contributed by atoms with E-state index in [0.29, 0.717) is 5.13 Å². The number of aliphatic hydroxyl groups is 2. The van der Waals surface area contributed by atoms with E-state index in [-0.39, 0.29) is 11.3 Å². The lowest BCUT2D eigenvalue weighted by molar-refractivity contribution is -0.137. The van der Waals surface area contributed by atoms with E-state index in [0.717, 1.165) is 35.3 Å². The standard InChI is InChI=1S/C25H26FN3O6S/c1-34-20-11-16(10-19(26)23(20)35-22(32)12-18(31)14-30)24(33)28-25-27-13-21(36-25)15-5-4-6-17(9-15)29-7-2-3-8-29/h4-6,9-11,13,18,30-31H,2-3,7-8,12,14H2,1H3,(H,27,28,33). The number of ether oxygens (including phenoxy) is 2. The van der Waals surface area contributed by atoms with Gasteiger partial charge >= 0.3 is 5.97 Å². The number of hydrogen-bond donors (Lipinski definition) is 3. The van der Waals surface area contributed by atoms with Gasteiger partial charge in [-0.25, -0.2) is 9.37 Å². The van der Waals surface area contributed by atoms with Gasteiger partial charge < -0.3 is 24.6 Å². The number of hydrogen-bond acceptors (Lipinski definition) is 9. The minimum atomic E-state index is -1.33. The Morgan fingerprint density at radius 1 is 1.25 bits per heavy atom. The average molecular weight is 516 g/mol. The lowest BCUT2D eigenvalue weighted by Gasteiger charge is -2.18. The molecule has 4 rings (SSSR count). The summed E-state index contributed by atoms with van der Waals surface area (Å²) in [4.78, 5) is 32.1. The zero-order valence-corrected chi connectivity index (χ0v) is 20.4. The van der Waals surface area contributed by atoms with E-state index >= 15 is 0 Å². The van der Waals surface area contributed by atoms with Crippen molar-refractivity contribution in [2.45, 2.75) is 25.4 Å². The Labute approximate surface area is 211 Å². The average Bonchev–Trinajstić information content (AvgIpc) is 3.58. The van der Waals surface area contributed by atoms with Gasteiger partial charge in [0.25, 0.3) is 5.91 Å². The number of methoxy groups -OCH3 is 1. The number of aliphatic hydroxyl groups excluding tert-OH is 2. The number of halogens is 1. The molecule has 1 unspecified atom stereocenters. The Kier molecular flexibility index (Phi) is 8.14. The van der Waals surface area contributed by atoms with Crippen LogP contribution >= 0.6 is 11.3 Å². The highest BCUT2D eigenvalue weighted by Crippen LogP contribution is 2.34. The first-order valence-electron chi connectivity index (χ1n) is 11.4. The largest absolute Gasteiger partial charge is 0.493 e. The molecule has 1 aliphatic heterocycles. The van der Waals surface area contributed by atoms with Gasteiger partial charge in [0.1, 0.15) is 0 Å². The fraction of sp³-hybridized carbons (Fsp3) is 0.320. The molecular weight excluding hydrogens is 489 g/mol. The summed E-state index contributed by atoms with van der Waals surface area (Å²) in [6.07, 6.45) is 2.18. The molecule has 190 valence electrons. The Hall–Kier alpha value is -3.54. The number of nitrogens with one attached hydrogen (secondary N) is 1. The van der Waals surface area contributed by atoms with E-state index in [2.05, 4.69) is 27.3 Å². The molecule has 1 aliphatic rings. The monoisotopic (exact) mass is 515 g/mol. The fourth-order valence-electron chi connectivity index (χ4n) is 3.83. The molecule has 1 aromatic heterocycles. The number of benzene rings is 2. The normalized spacial score (nSPS) is 13.9. The smallest absolute Gasteiger partial charge is 0.314 e. The van der Waals surface area contributed by atoms with Gasteiger partial charge in [0.2, 0.25) is 5.75 Å². The first-order chi connectivity index (χ1) is 17.4. The Morgan fingerprint density at radius 3 is 2.75 bits per heavy atom. The number of carbonyl (C=O) groups excluding carboxylic acids is 2. The van der Waals surface area contributed by atoms with Crippen molar-refractivity contribution in [3.63, 3.8) is 0 Å². The van der Waals surface area contributed by atoms with Crippen LogP contribution in [-0.2, 0) is 4.79 Å². The summed E-state index contributed by atoms with van der Waals surface area (Å²) in [5, 5.41) is 21.2. The van der Waals surface area contributed by atoms with E-state index in [1.165, 1.54) is 37.4 Å². The van der Waals surface area contributed by atoms with Crippen molar-refractivity contribution in [3.8, 4) is 21.9 Å². The molecule has 0 bridgehead atoms. The van der Waals surface area contributed by atoms with E-state index in [9.17, 15) is 19.1 Å². The van der Waals surface area contributed by atoms with Gasteiger partial charge in [0.15, 0.2) is 16.7 Å². The second kappa shape index (κ2) is 11.5. The maximum Gasteiger partial charge on any atom is 0.314 e. The van der Waals surface area contributed by atoms with E-state index in [4.69, 9.17) is 14.6 Å². The molecule has 11 heteroatoms. The number of rotatable bonds is 9. The lowest BCUT2D eigenvalue weighted by Crippen LogP contribution is -2.21. The van der Waals surface area contributed by atoms with Gasteiger partial charge in [-0.15, -0.1) is 0 Å². The van der Waals surface area contributed by atoms with Crippen LogP contribution in [-0.4, -0.2) is 60.0 Å². The number of nitrogens with zero attached hydrogens (tertiary/aromatic N) is 2. The van der Waals surface area contributed by atoms with E-state index in [1.54, 1.807) is 6.20 Å². The third kappa shape index (κ3) is 5.99. The first kappa shape index (κ1) is 25.5. The number of anilines is 2. The van der Waals surface area contributed by atoms with Gasteiger partial charge in [-0.2, -0.15) is 0 Å². The van der Waals surface area contributed by atoms with Crippen molar-refractivity contribution in [3.05, 3.63) is 54.0 Å². The van der Waals surface area contributed by atoms with Crippen LogP contribution < -0.4 is 19.7 Å². The van der Waals surface area contributed by atoms with Gasteiger partial charge in [-0.05, 0) is 42.7 Å². The van der Waals surface area contributed by atoms with Crippen LogP contribution in [0.5, 0.6) is 11.5 Å². The molecule has 3 aromatic rings. The number of carbonyl (C=O) groups is 2. The van der Waals surface area contributed by atoms with Crippen LogP contribution in [0.15, 0.2) is 42.6 Å². The van der Waals surface area contributed by atoms with Crippen LogP contribution in [0.4, 0.5) is 15.2 Å². The van der Waals surface area contributed by atoms with E-state index in [1.807, 2.05) is 12.1 Å². The summed E-state index contributed by atoms with van der Waals surface area (Å²) in [6.45, 7) is 1.43. The predicted octanol–water partition coefficient (Wildman–Crippen LogP) is 3.46. The maximum absolute atomic E-state index is 14.7. The highest BCUT2D eigenvalue weighted by atomic mass is 32.1. The number of amides is 1. The molecule has 1 atom stereocenters. The molecule has 36 heavy (non-hydrogen) atoms. The second-order valence-corrected chi connectivity index (χ2v) is 9.26. The minimum Gasteiger partial charge on any atom is -0.493 e. The van der Waals surface area contributed by atoms with Crippen molar-refractivity contribution in [2.24, 2.45) is 0 Å². The van der Waals surface area contributed by atoms with E-state index < -0.39 is 42.6 Å². The zero-order valence-electron chi connectivity index (χ0n) is 19.6. The van der Waals surface area contributed by atoms with Crippen LogP contribution in [0.3, 0.4) is 0 Å². The molecule has 1 saturated heterocycles. The molecule has 0 aliphatic carbocycles. The highest BCUT2D eigenvalue weighted by Gasteiger charge is 2.22. The summed E-state index contributed by atoms with van der Waals surface area (Å²) in [5.41, 5.74) is 2.08. The van der Waals surface area contributed by atoms with Crippen molar-refractivity contribution in [2.75, 3.05) is 37.0 Å². The highest BCUT2D eigenvalue weighted by molar-refractivity contribution is 7.19. The third-order valence-electron chi connectivity index (χ3n) is 5.65. The zero-order chi connectivity index (χ0) is 25.7. The number of aromatic nitrogens is 1. The molecule has 0 radical (unpaired) electrons. The Balaban J connectivity index is 1.47. The molecule has 3 N–H and O–H groups in total. The summed E-state index contributed by atoms with van der Waals surface area (Å²) < 4.78 is 24.7. The molecule has 0 spiro atoms. The summed E-state index contributed by atoms with van der Waals surface area (Å²) in [5.74, 6) is -3.27. The van der Waals surface area contributed by atoms with Crippen molar-refractivity contribution >= 4 is 34.0 Å². The van der Waals surface area contributed by atoms with Crippen molar-refractivity contribution in [1.82, 2.24) is 4.98 Å². The van der Waals surface area contributed by atoms with Gasteiger partial charge in [0.05, 0.1) is 31.1 Å². The summed E-state index contributed by atoms with van der Waals surface area (Å²) in [7, 11) is 1.24. The molecule has 1 fully saturated rings. The molecule has 2 heterocycles. The van der Waals surface area contributed by atoms with Crippen molar-refractivity contribution < 1.29 is 33.7 Å². The second-order valence-electron chi connectivity index (χ2n) is 8.23. The van der Waals surface area contributed by atoms with Gasteiger partial charge in [-0.3, -0.25) is 14.9 Å². The molecule has 0 saturated carbocycles. The number of esters is 1. The lowest BCUT2D eigenvalue weighted by atomic mass is 10.1. The Morgan fingerprint density at radius 2 is 2.03 bits per heavy atom. The SMILES string of the molecule is COc1cc(C(=O)Nc2ncc(-c3cccc(N4CCCC4)c3)s2)cc(F)c1OC(=O)CC(O)CO. The van der Waals surface area contributed by atoms with Crippen LogP contribution in [0.1, 0.15) is 29.6 Å². The van der Waals surface area contributed by atoms with Gasteiger partial charge in [-0.1, -0.05) is 23.5 Å². The van der Waals surface area contributed by atoms with Crippen LogP contribution in [0.25, 0.3) is 10.4 Å². The van der Waals surface area contributed by atoms with Gasteiger partial charge in [0, 0.05) is 30.5 Å². The maximum atomic E-state index is 14.7. The Bertz CT molecular complexity index is 1240. The summed E-state index contributed by atoms with van der Waals surface area (Å²) in [6, 6.07) is 10.3. The fourth-order valence-corrected chi connectivity index (χ4v) is 4.64. The summed E-state index contributed by atoms with van der Waals surface area (Å²) >= 11 is 1.29. The van der Waals surface area contributed by atoms with Crippen LogP contribution in [0, 0.1) is 5.82 Å². The number of thiazole rings is 1.